The van der Waals surface area contributed by atoms with E-state index in [2.05, 4.69) is 20.3 Å². The number of aliphatic hydroxyl groups excluding tert-OH is 1. The molecule has 0 saturated heterocycles. The van der Waals surface area contributed by atoms with Crippen LogP contribution in [0, 0.1) is 0 Å². The molecule has 0 aliphatic heterocycles. The maximum atomic E-state index is 12.6. The van der Waals surface area contributed by atoms with Crippen LogP contribution in [-0.2, 0) is 13.0 Å². The van der Waals surface area contributed by atoms with Crippen LogP contribution < -0.4 is 16.6 Å². The molecule has 1 amide bonds. The van der Waals surface area contributed by atoms with Crippen molar-refractivity contribution in [2.45, 2.75) is 13.0 Å². The molecule has 4 rings (SSSR count). The number of anilines is 2. The number of amides is 1. The molecule has 0 unspecified atom stereocenters. The van der Waals surface area contributed by atoms with Crippen molar-refractivity contribution in [2.75, 3.05) is 11.1 Å². The molecule has 0 aliphatic rings. The highest BCUT2D eigenvalue weighted by Gasteiger charge is 2.15. The summed E-state index contributed by atoms with van der Waals surface area (Å²) in [7, 11) is 0. The Morgan fingerprint density at radius 3 is 2.50 bits per heavy atom. The van der Waals surface area contributed by atoms with Crippen molar-refractivity contribution in [3.05, 3.63) is 86.8 Å². The van der Waals surface area contributed by atoms with Crippen molar-refractivity contribution in [1.82, 2.24) is 15.0 Å². The highest BCUT2D eigenvalue weighted by atomic mass is 16.4. The molecule has 0 spiro atoms. The molecular formula is C22H19N5O5. The minimum absolute atomic E-state index is 0.0295. The fourth-order valence-electron chi connectivity index (χ4n) is 3.43. The summed E-state index contributed by atoms with van der Waals surface area (Å²) in [5, 5.41) is 21.6. The lowest BCUT2D eigenvalue weighted by molar-refractivity contribution is 0.0698. The number of nitrogens with one attached hydrogen (secondary N) is 3. The van der Waals surface area contributed by atoms with Crippen LogP contribution >= 0.6 is 0 Å². The minimum atomic E-state index is -1.19. The molecule has 0 fully saturated rings. The highest BCUT2D eigenvalue weighted by Crippen LogP contribution is 2.21. The largest absolute Gasteiger partial charge is 0.478 e. The summed E-state index contributed by atoms with van der Waals surface area (Å²) in [5.41, 5.74) is 8.04. The fourth-order valence-corrected chi connectivity index (χ4v) is 3.43. The first kappa shape index (κ1) is 20.8. The number of carboxylic acids is 1. The van der Waals surface area contributed by atoms with Crippen molar-refractivity contribution < 1.29 is 19.8 Å². The van der Waals surface area contributed by atoms with Gasteiger partial charge < -0.3 is 26.2 Å². The lowest BCUT2D eigenvalue weighted by atomic mass is 10.0. The number of rotatable bonds is 6. The Balaban J connectivity index is 1.54. The van der Waals surface area contributed by atoms with Crippen molar-refractivity contribution in [1.29, 1.82) is 0 Å². The van der Waals surface area contributed by atoms with Crippen LogP contribution in [-0.4, -0.2) is 37.0 Å². The second kappa shape index (κ2) is 8.36. The van der Waals surface area contributed by atoms with Gasteiger partial charge in [0.2, 0.25) is 5.95 Å². The molecule has 7 N–H and O–H groups in total. The summed E-state index contributed by atoms with van der Waals surface area (Å²) >= 11 is 0. The zero-order valence-corrected chi connectivity index (χ0v) is 16.7. The van der Waals surface area contributed by atoms with Gasteiger partial charge in [-0.05, 0) is 47.4 Å². The van der Waals surface area contributed by atoms with Gasteiger partial charge in [0, 0.05) is 11.8 Å². The molecule has 2 heterocycles. The van der Waals surface area contributed by atoms with Crippen molar-refractivity contribution in [3.63, 3.8) is 0 Å². The number of aromatic nitrogens is 3. The van der Waals surface area contributed by atoms with E-state index < -0.39 is 11.9 Å². The van der Waals surface area contributed by atoms with E-state index in [0.717, 1.165) is 11.1 Å². The maximum absolute atomic E-state index is 12.6. The number of fused-ring (bicyclic) bond motifs is 1. The van der Waals surface area contributed by atoms with Crippen LogP contribution in [0.15, 0.2) is 53.5 Å². The van der Waals surface area contributed by atoms with E-state index in [1.54, 1.807) is 30.5 Å². The number of hydrogen-bond acceptors (Lipinski definition) is 6. The van der Waals surface area contributed by atoms with E-state index in [4.69, 9.17) is 5.73 Å². The van der Waals surface area contributed by atoms with Gasteiger partial charge in [-0.25, -0.2) is 4.79 Å². The third-order valence-electron chi connectivity index (χ3n) is 5.00. The van der Waals surface area contributed by atoms with Crippen LogP contribution in [0.25, 0.3) is 11.0 Å². The second-order valence-electron chi connectivity index (χ2n) is 7.16. The van der Waals surface area contributed by atoms with Gasteiger partial charge in [-0.3, -0.25) is 14.6 Å². The number of hydrogen-bond donors (Lipinski definition) is 6. The Morgan fingerprint density at radius 1 is 1.09 bits per heavy atom. The number of nitrogen functional groups attached to an aromatic ring is 1. The molecule has 162 valence electrons. The molecular weight excluding hydrogens is 414 g/mol. The minimum Gasteiger partial charge on any atom is -0.478 e. The molecule has 10 nitrogen and oxygen atoms in total. The normalized spacial score (nSPS) is 10.9. The SMILES string of the molecule is Nc1nc2[nH]cc(Cc3ccc(C(=O)Nc4cc(CO)ccc4C(=O)O)cc3)c2c(=O)[nH]1. The quantitative estimate of drug-likeness (QED) is 0.269. The first-order chi connectivity index (χ1) is 15.4. The Kier molecular flexibility index (Phi) is 5.44. The lowest BCUT2D eigenvalue weighted by Gasteiger charge is -2.10. The van der Waals surface area contributed by atoms with Gasteiger partial charge in [0.1, 0.15) is 5.65 Å². The van der Waals surface area contributed by atoms with Crippen LogP contribution in [0.2, 0.25) is 0 Å². The highest BCUT2D eigenvalue weighted by molar-refractivity contribution is 6.07. The molecule has 0 aliphatic carbocycles. The monoisotopic (exact) mass is 433 g/mol. The van der Waals surface area contributed by atoms with Crippen LogP contribution in [0.3, 0.4) is 0 Å². The number of carboxylic acid groups (broad SMARTS) is 1. The summed E-state index contributed by atoms with van der Waals surface area (Å²) in [6.45, 7) is -0.281. The van der Waals surface area contributed by atoms with E-state index in [1.165, 1.54) is 18.2 Å². The topological polar surface area (TPSA) is 174 Å². The predicted octanol–water partition coefficient (Wildman–Crippen LogP) is 1.87. The van der Waals surface area contributed by atoms with Gasteiger partial charge >= 0.3 is 5.97 Å². The van der Waals surface area contributed by atoms with E-state index >= 15 is 0 Å². The second-order valence-corrected chi connectivity index (χ2v) is 7.16. The van der Waals surface area contributed by atoms with Gasteiger partial charge in [0.15, 0.2) is 0 Å². The number of H-pyrrole nitrogens is 2. The van der Waals surface area contributed by atoms with Gasteiger partial charge in [-0.1, -0.05) is 18.2 Å². The predicted molar refractivity (Wildman–Crippen MR) is 118 cm³/mol. The smallest absolute Gasteiger partial charge is 0.337 e. The Hall–Kier alpha value is -4.44. The van der Waals surface area contributed by atoms with Crippen molar-refractivity contribution >= 4 is 34.5 Å². The summed E-state index contributed by atoms with van der Waals surface area (Å²) in [6, 6.07) is 10.9. The Morgan fingerprint density at radius 2 is 1.81 bits per heavy atom. The van der Waals surface area contributed by atoms with Crippen molar-refractivity contribution in [3.8, 4) is 0 Å². The van der Waals surface area contributed by atoms with Gasteiger partial charge in [-0.2, -0.15) is 4.98 Å². The Bertz CT molecular complexity index is 1390. The van der Waals surface area contributed by atoms with Gasteiger partial charge in [-0.15, -0.1) is 0 Å². The van der Waals surface area contributed by atoms with E-state index in [1.807, 2.05) is 0 Å². The summed E-state index contributed by atoms with van der Waals surface area (Å²) in [4.78, 5) is 45.7. The molecule has 32 heavy (non-hydrogen) atoms. The standard InChI is InChI=1S/C22H19N5O5/c23-22-26-18-17(20(30)27-22)14(9-24-18)7-11-1-4-13(5-2-11)19(29)25-16-8-12(10-28)3-6-15(16)21(31)32/h1-6,8-9,28H,7,10H2,(H,25,29)(H,31,32)(H4,23,24,26,27,30). The third kappa shape index (κ3) is 4.07. The summed E-state index contributed by atoms with van der Waals surface area (Å²) in [5.74, 6) is -1.65. The first-order valence-electron chi connectivity index (χ1n) is 9.59. The average Bonchev–Trinajstić information content (AvgIpc) is 3.16. The summed E-state index contributed by atoms with van der Waals surface area (Å²) < 4.78 is 0. The number of aromatic amines is 2. The van der Waals surface area contributed by atoms with Crippen LogP contribution in [0.4, 0.5) is 11.6 Å². The zero-order valence-electron chi connectivity index (χ0n) is 16.7. The van der Waals surface area contributed by atoms with Crippen molar-refractivity contribution in [2.24, 2.45) is 0 Å². The number of nitrogens with zero attached hydrogens (tertiary/aromatic N) is 1. The maximum Gasteiger partial charge on any atom is 0.337 e. The average molecular weight is 433 g/mol. The number of nitrogens with two attached hydrogens (primary N) is 1. The molecule has 0 atom stereocenters. The summed E-state index contributed by atoms with van der Waals surface area (Å²) in [6.07, 6.45) is 2.12. The molecule has 0 bridgehead atoms. The third-order valence-corrected chi connectivity index (χ3v) is 5.00. The number of aliphatic hydroxyl groups is 1. The number of benzene rings is 2. The zero-order chi connectivity index (χ0) is 22.8. The molecule has 10 heteroatoms. The van der Waals surface area contributed by atoms with Gasteiger partial charge in [0.25, 0.3) is 11.5 Å². The number of carbonyl (C=O) groups excluding carboxylic acids is 1. The number of aromatic carboxylic acids is 1. The molecule has 2 aromatic carbocycles. The Labute approximate surface area is 180 Å². The van der Waals surface area contributed by atoms with Gasteiger partial charge in [0.05, 0.1) is 23.2 Å². The molecule has 0 saturated carbocycles. The fraction of sp³-hybridized carbons (Fsp3) is 0.0909. The first-order valence-corrected chi connectivity index (χ1v) is 9.59. The lowest BCUT2D eigenvalue weighted by Crippen LogP contribution is -2.15. The van der Waals surface area contributed by atoms with E-state index in [-0.39, 0.29) is 29.4 Å². The van der Waals surface area contributed by atoms with Crippen LogP contribution in [0.1, 0.15) is 37.4 Å². The van der Waals surface area contributed by atoms with E-state index in [0.29, 0.717) is 28.6 Å². The number of carbonyl (C=O) groups is 2. The molecule has 2 aromatic heterocycles. The molecule has 4 aromatic rings. The van der Waals surface area contributed by atoms with E-state index in [9.17, 15) is 24.6 Å². The van der Waals surface area contributed by atoms with Crippen LogP contribution in [0.5, 0.6) is 0 Å². The molecule has 0 radical (unpaired) electrons.